The number of H-pyrrole nitrogens is 1. The van der Waals surface area contributed by atoms with Crippen LogP contribution in [0.4, 0.5) is 5.95 Å². The molecule has 0 spiro atoms. The fourth-order valence-electron chi connectivity index (χ4n) is 3.01. The number of hydrogen-bond acceptors (Lipinski definition) is 7. The Morgan fingerprint density at radius 1 is 1.23 bits per heavy atom. The Bertz CT molecular complexity index is 915. The fraction of sp³-hybridized carbons (Fsp3) is 0.389. The smallest absolute Gasteiger partial charge is 0.206 e. The number of piperidine rings is 1. The molecule has 3 heterocycles. The molecule has 0 amide bonds. The number of nitrogens with two attached hydrogens (primary N) is 1. The van der Waals surface area contributed by atoms with E-state index >= 15 is 0 Å². The molecule has 0 atom stereocenters. The van der Waals surface area contributed by atoms with Crippen LogP contribution in [0.5, 0.6) is 5.75 Å². The van der Waals surface area contributed by atoms with Gasteiger partial charge in [0.2, 0.25) is 5.95 Å². The minimum absolute atomic E-state index is 0.0857. The van der Waals surface area contributed by atoms with Crippen LogP contribution in [0.1, 0.15) is 19.8 Å². The second-order valence-corrected chi connectivity index (χ2v) is 7.90. The largest absolute Gasteiger partial charge is 0.496 e. The number of methoxy groups -OCH3 is 1. The number of ether oxygens (including phenoxy) is 1. The van der Waals surface area contributed by atoms with Gasteiger partial charge >= 0.3 is 0 Å². The van der Waals surface area contributed by atoms with Gasteiger partial charge in [0.1, 0.15) is 10.8 Å². The number of nitrogens with one attached hydrogen (secondary N) is 1. The SMILES string of the molecule is COc1ccccc1Sc1cnc2nc(N3CCC(C)(N)CC3)[nH]c2n1. The van der Waals surface area contributed by atoms with Crippen molar-refractivity contribution in [1.29, 1.82) is 0 Å². The Labute approximate surface area is 156 Å². The van der Waals surface area contributed by atoms with Crippen molar-refractivity contribution in [2.24, 2.45) is 5.73 Å². The highest BCUT2D eigenvalue weighted by molar-refractivity contribution is 7.99. The number of anilines is 1. The summed E-state index contributed by atoms with van der Waals surface area (Å²) < 4.78 is 5.40. The molecule has 26 heavy (non-hydrogen) atoms. The molecule has 0 radical (unpaired) electrons. The highest BCUT2D eigenvalue weighted by Gasteiger charge is 2.27. The van der Waals surface area contributed by atoms with Crippen LogP contribution < -0.4 is 15.4 Å². The number of benzene rings is 1. The van der Waals surface area contributed by atoms with E-state index in [0.717, 1.165) is 47.6 Å². The molecule has 1 aromatic carbocycles. The second kappa shape index (κ2) is 6.77. The van der Waals surface area contributed by atoms with Gasteiger partial charge in [0, 0.05) is 18.6 Å². The van der Waals surface area contributed by atoms with E-state index in [1.165, 1.54) is 11.8 Å². The van der Waals surface area contributed by atoms with E-state index in [4.69, 9.17) is 10.5 Å². The van der Waals surface area contributed by atoms with Crippen molar-refractivity contribution in [3.63, 3.8) is 0 Å². The zero-order valence-corrected chi connectivity index (χ0v) is 15.7. The average molecular weight is 370 g/mol. The van der Waals surface area contributed by atoms with E-state index in [0.29, 0.717) is 11.3 Å². The van der Waals surface area contributed by atoms with Crippen LogP contribution >= 0.6 is 11.8 Å². The number of nitrogens with zero attached hydrogens (tertiary/aromatic N) is 4. The fourth-order valence-corrected chi connectivity index (χ4v) is 3.88. The second-order valence-electron chi connectivity index (χ2n) is 6.83. The van der Waals surface area contributed by atoms with Gasteiger partial charge in [-0.3, -0.25) is 0 Å². The Morgan fingerprint density at radius 3 is 2.77 bits per heavy atom. The van der Waals surface area contributed by atoms with Gasteiger partial charge in [0.15, 0.2) is 11.3 Å². The van der Waals surface area contributed by atoms with E-state index in [2.05, 4.69) is 31.8 Å². The first kappa shape index (κ1) is 17.1. The first-order valence-electron chi connectivity index (χ1n) is 8.61. The van der Waals surface area contributed by atoms with Crippen LogP contribution in [-0.4, -0.2) is 45.7 Å². The van der Waals surface area contributed by atoms with E-state index in [9.17, 15) is 0 Å². The van der Waals surface area contributed by atoms with Crippen LogP contribution in [-0.2, 0) is 0 Å². The summed E-state index contributed by atoms with van der Waals surface area (Å²) in [7, 11) is 1.67. The van der Waals surface area contributed by atoms with Crippen molar-refractivity contribution in [2.75, 3.05) is 25.1 Å². The highest BCUT2D eigenvalue weighted by Crippen LogP contribution is 2.34. The summed E-state index contributed by atoms with van der Waals surface area (Å²) >= 11 is 1.52. The number of rotatable bonds is 4. The third-order valence-electron chi connectivity index (χ3n) is 4.66. The summed E-state index contributed by atoms with van der Waals surface area (Å²) in [5.41, 5.74) is 7.45. The molecule has 7 nitrogen and oxygen atoms in total. The molecule has 1 fully saturated rings. The monoisotopic (exact) mass is 370 g/mol. The molecule has 1 aliphatic rings. The lowest BCUT2D eigenvalue weighted by molar-refractivity contribution is 0.362. The van der Waals surface area contributed by atoms with Crippen molar-refractivity contribution in [1.82, 2.24) is 19.9 Å². The van der Waals surface area contributed by atoms with Gasteiger partial charge in [-0.2, -0.15) is 4.98 Å². The molecule has 8 heteroatoms. The Hall–Kier alpha value is -2.32. The van der Waals surface area contributed by atoms with Crippen molar-refractivity contribution in [2.45, 2.75) is 35.2 Å². The molecule has 0 unspecified atom stereocenters. The molecule has 1 aliphatic heterocycles. The minimum atomic E-state index is -0.0857. The van der Waals surface area contributed by atoms with Crippen molar-refractivity contribution >= 4 is 29.0 Å². The van der Waals surface area contributed by atoms with E-state index in [1.807, 2.05) is 24.3 Å². The summed E-state index contributed by atoms with van der Waals surface area (Å²) in [6, 6.07) is 7.87. The summed E-state index contributed by atoms with van der Waals surface area (Å²) in [5, 5.41) is 0.797. The Balaban J connectivity index is 1.56. The van der Waals surface area contributed by atoms with Crippen LogP contribution in [0.25, 0.3) is 11.3 Å². The van der Waals surface area contributed by atoms with Gasteiger partial charge in [-0.1, -0.05) is 23.9 Å². The van der Waals surface area contributed by atoms with Gasteiger partial charge in [0.05, 0.1) is 18.2 Å². The number of hydrogen-bond donors (Lipinski definition) is 2. The van der Waals surface area contributed by atoms with Crippen LogP contribution in [0, 0.1) is 0 Å². The van der Waals surface area contributed by atoms with Crippen molar-refractivity contribution in [3.05, 3.63) is 30.5 Å². The summed E-state index contributed by atoms with van der Waals surface area (Å²) in [4.78, 5) is 20.2. The first-order valence-corrected chi connectivity index (χ1v) is 9.43. The maximum atomic E-state index is 6.22. The Kier molecular flexibility index (Phi) is 4.46. The number of para-hydroxylation sites is 1. The lowest BCUT2D eigenvalue weighted by Crippen LogP contribution is -2.48. The number of aromatic amines is 1. The van der Waals surface area contributed by atoms with Crippen LogP contribution in [0.2, 0.25) is 0 Å². The highest BCUT2D eigenvalue weighted by atomic mass is 32.2. The molecule has 0 saturated carbocycles. The predicted molar refractivity (Wildman–Crippen MR) is 103 cm³/mol. The summed E-state index contributed by atoms with van der Waals surface area (Å²) in [6.07, 6.45) is 3.64. The minimum Gasteiger partial charge on any atom is -0.496 e. The average Bonchev–Trinajstić information content (AvgIpc) is 3.05. The van der Waals surface area contributed by atoms with Crippen molar-refractivity contribution < 1.29 is 4.74 Å². The molecule has 3 N–H and O–H groups in total. The standard InChI is InChI=1S/C18H22N6OS/c1-18(19)7-9-24(10-8-18)17-22-15-16(23-17)21-14(11-20-15)26-13-6-4-3-5-12(13)25-2/h3-6,11H,7-10,19H2,1-2H3,(H,20,21,22,23). The van der Waals surface area contributed by atoms with E-state index in [-0.39, 0.29) is 5.54 Å². The van der Waals surface area contributed by atoms with E-state index in [1.54, 1.807) is 13.3 Å². The van der Waals surface area contributed by atoms with Crippen LogP contribution in [0.15, 0.2) is 40.4 Å². The maximum absolute atomic E-state index is 6.22. The number of aromatic nitrogens is 4. The normalized spacial score (nSPS) is 16.8. The van der Waals surface area contributed by atoms with Gasteiger partial charge in [-0.15, -0.1) is 0 Å². The topological polar surface area (TPSA) is 93.0 Å². The Morgan fingerprint density at radius 2 is 2.00 bits per heavy atom. The first-order chi connectivity index (χ1) is 12.5. The summed E-state index contributed by atoms with van der Waals surface area (Å²) in [5.74, 6) is 1.64. The molecule has 136 valence electrons. The predicted octanol–water partition coefficient (Wildman–Crippen LogP) is 2.83. The number of imidazole rings is 1. The van der Waals surface area contributed by atoms with Crippen LogP contribution in [0.3, 0.4) is 0 Å². The number of fused-ring (bicyclic) bond motifs is 1. The zero-order chi connectivity index (χ0) is 18.1. The molecule has 0 bridgehead atoms. The molecule has 2 aromatic heterocycles. The molecule has 4 rings (SSSR count). The van der Waals surface area contributed by atoms with Gasteiger partial charge in [-0.05, 0) is 31.9 Å². The third kappa shape index (κ3) is 3.47. The van der Waals surface area contributed by atoms with Gasteiger partial charge in [0.25, 0.3) is 0 Å². The third-order valence-corrected chi connectivity index (χ3v) is 5.62. The maximum Gasteiger partial charge on any atom is 0.206 e. The van der Waals surface area contributed by atoms with Gasteiger partial charge < -0.3 is 20.4 Å². The molecular formula is C18H22N6OS. The molecule has 3 aromatic rings. The van der Waals surface area contributed by atoms with Crippen molar-refractivity contribution in [3.8, 4) is 5.75 Å². The zero-order valence-electron chi connectivity index (χ0n) is 14.9. The molecule has 0 aliphatic carbocycles. The van der Waals surface area contributed by atoms with Gasteiger partial charge in [-0.25, -0.2) is 9.97 Å². The lowest BCUT2D eigenvalue weighted by atomic mass is 9.91. The quantitative estimate of drug-likeness (QED) is 0.729. The summed E-state index contributed by atoms with van der Waals surface area (Å²) in [6.45, 7) is 3.87. The van der Waals surface area contributed by atoms with E-state index < -0.39 is 0 Å². The molecular weight excluding hydrogens is 348 g/mol. The lowest BCUT2D eigenvalue weighted by Gasteiger charge is -2.36. The molecule has 1 saturated heterocycles.